The van der Waals surface area contributed by atoms with Gasteiger partial charge in [-0.2, -0.15) is 4.31 Å². The van der Waals surface area contributed by atoms with Crippen molar-refractivity contribution in [2.45, 2.75) is 17.7 Å². The molecule has 1 N–H and O–H groups in total. The van der Waals surface area contributed by atoms with E-state index in [0.717, 1.165) is 5.75 Å². The van der Waals surface area contributed by atoms with Gasteiger partial charge in [0.2, 0.25) is 15.9 Å². The van der Waals surface area contributed by atoms with Crippen LogP contribution >= 0.6 is 0 Å². The zero-order valence-electron chi connectivity index (χ0n) is 16.4. The highest BCUT2D eigenvalue weighted by molar-refractivity contribution is 7.89. The van der Waals surface area contributed by atoms with Crippen LogP contribution in [0.1, 0.15) is 12.8 Å². The number of methoxy groups -OCH3 is 1. The highest BCUT2D eigenvalue weighted by atomic mass is 32.2. The second kappa shape index (κ2) is 9.76. The molecule has 8 heteroatoms. The number of amides is 1. The molecule has 0 aliphatic carbocycles. The second-order valence-corrected chi connectivity index (χ2v) is 8.77. The van der Waals surface area contributed by atoms with Crippen molar-refractivity contribution in [2.75, 3.05) is 33.4 Å². The molecule has 1 atom stereocenters. The van der Waals surface area contributed by atoms with Crippen LogP contribution in [-0.4, -0.2) is 52.0 Å². The summed E-state index contributed by atoms with van der Waals surface area (Å²) in [7, 11) is -1.98. The Morgan fingerprint density at radius 3 is 2.48 bits per heavy atom. The summed E-state index contributed by atoms with van der Waals surface area (Å²) in [4.78, 5) is 12.8. The van der Waals surface area contributed by atoms with Crippen LogP contribution in [0.5, 0.6) is 11.5 Å². The number of carbonyl (C=O) groups excluding carboxylic acids is 1. The molecule has 2 aromatic rings. The summed E-state index contributed by atoms with van der Waals surface area (Å²) in [6.45, 7) is 1.31. The number of carbonyl (C=O) groups is 1. The number of ether oxygens (including phenoxy) is 2. The van der Waals surface area contributed by atoms with E-state index in [0.29, 0.717) is 38.3 Å². The molecule has 0 bridgehead atoms. The van der Waals surface area contributed by atoms with E-state index in [4.69, 9.17) is 9.47 Å². The Labute approximate surface area is 171 Å². The van der Waals surface area contributed by atoms with Crippen LogP contribution in [0.3, 0.4) is 0 Å². The van der Waals surface area contributed by atoms with E-state index in [1.807, 2.05) is 0 Å². The maximum atomic E-state index is 12.8. The lowest BCUT2D eigenvalue weighted by Gasteiger charge is -2.31. The van der Waals surface area contributed by atoms with Crippen LogP contribution in [-0.2, 0) is 14.8 Å². The topological polar surface area (TPSA) is 84.9 Å². The third-order valence-electron chi connectivity index (χ3n) is 4.87. The number of sulfonamides is 1. The lowest BCUT2D eigenvalue weighted by molar-refractivity contribution is -0.126. The third-order valence-corrected chi connectivity index (χ3v) is 6.74. The highest BCUT2D eigenvalue weighted by Crippen LogP contribution is 2.23. The fourth-order valence-electron chi connectivity index (χ4n) is 3.28. The van der Waals surface area contributed by atoms with Crippen LogP contribution in [0.2, 0.25) is 0 Å². The molecule has 2 aromatic carbocycles. The predicted octanol–water partition coefficient (Wildman–Crippen LogP) is 2.29. The third kappa shape index (κ3) is 5.48. The van der Waals surface area contributed by atoms with Crippen molar-refractivity contribution in [2.24, 2.45) is 5.92 Å². The van der Waals surface area contributed by atoms with Gasteiger partial charge >= 0.3 is 0 Å². The largest absolute Gasteiger partial charge is 0.497 e. The predicted molar refractivity (Wildman–Crippen MR) is 109 cm³/mol. The van der Waals surface area contributed by atoms with E-state index in [1.54, 1.807) is 61.7 Å². The van der Waals surface area contributed by atoms with E-state index in [2.05, 4.69) is 5.32 Å². The molecular weight excluding hydrogens is 392 g/mol. The summed E-state index contributed by atoms with van der Waals surface area (Å²) in [5, 5.41) is 2.85. The molecule has 1 amide bonds. The number of hydrogen-bond donors (Lipinski definition) is 1. The average molecular weight is 419 g/mol. The molecule has 1 saturated heterocycles. The average Bonchev–Trinajstić information content (AvgIpc) is 2.77. The van der Waals surface area contributed by atoms with Gasteiger partial charge in [0.15, 0.2) is 0 Å². The normalized spacial score (nSPS) is 17.5. The van der Waals surface area contributed by atoms with E-state index in [9.17, 15) is 13.2 Å². The van der Waals surface area contributed by atoms with Crippen LogP contribution in [0.15, 0.2) is 59.5 Å². The minimum absolute atomic E-state index is 0.142. The van der Waals surface area contributed by atoms with Crippen molar-refractivity contribution >= 4 is 15.9 Å². The standard InChI is InChI=1S/C21H26N2O5S/c1-27-18-9-11-19(12-10-18)28-15-13-22-21(24)17-6-5-14-23(16-17)29(25,26)20-7-3-2-4-8-20/h2-4,7-12,17H,5-6,13-16H2,1H3,(H,22,24). The lowest BCUT2D eigenvalue weighted by Crippen LogP contribution is -2.45. The molecular formula is C21H26N2O5S. The van der Waals surface area contributed by atoms with Gasteiger partial charge in [0, 0.05) is 13.1 Å². The lowest BCUT2D eigenvalue weighted by atomic mass is 9.99. The summed E-state index contributed by atoms with van der Waals surface area (Å²) in [5.41, 5.74) is 0. The second-order valence-electron chi connectivity index (χ2n) is 6.83. The Kier molecular flexibility index (Phi) is 7.11. The summed E-state index contributed by atoms with van der Waals surface area (Å²) in [5.74, 6) is 0.940. The van der Waals surface area contributed by atoms with Gasteiger partial charge in [0.25, 0.3) is 0 Å². The van der Waals surface area contributed by atoms with Gasteiger partial charge in [0.05, 0.1) is 24.5 Å². The van der Waals surface area contributed by atoms with Crippen LogP contribution in [0, 0.1) is 5.92 Å². The molecule has 1 fully saturated rings. The first-order chi connectivity index (χ1) is 14.0. The fraction of sp³-hybridized carbons (Fsp3) is 0.381. The quantitative estimate of drug-likeness (QED) is 0.665. The number of piperidine rings is 1. The van der Waals surface area contributed by atoms with Gasteiger partial charge in [-0.25, -0.2) is 8.42 Å². The maximum Gasteiger partial charge on any atom is 0.243 e. The van der Waals surface area contributed by atoms with Crippen molar-refractivity contribution in [3.63, 3.8) is 0 Å². The monoisotopic (exact) mass is 418 g/mol. The van der Waals surface area contributed by atoms with E-state index < -0.39 is 10.0 Å². The Hall–Kier alpha value is -2.58. The van der Waals surface area contributed by atoms with Gasteiger partial charge in [-0.15, -0.1) is 0 Å². The molecule has 156 valence electrons. The molecule has 29 heavy (non-hydrogen) atoms. The van der Waals surface area contributed by atoms with Crippen molar-refractivity contribution in [1.82, 2.24) is 9.62 Å². The molecule has 1 heterocycles. The van der Waals surface area contributed by atoms with Crippen molar-refractivity contribution in [3.8, 4) is 11.5 Å². The van der Waals surface area contributed by atoms with Crippen LogP contribution in [0.4, 0.5) is 0 Å². The van der Waals surface area contributed by atoms with Crippen LogP contribution < -0.4 is 14.8 Å². The number of rotatable bonds is 8. The molecule has 3 rings (SSSR count). The van der Waals surface area contributed by atoms with Crippen LogP contribution in [0.25, 0.3) is 0 Å². The molecule has 1 aliphatic heterocycles. The maximum absolute atomic E-state index is 12.8. The minimum atomic E-state index is -3.58. The molecule has 1 unspecified atom stereocenters. The molecule has 0 aromatic heterocycles. The van der Waals surface area contributed by atoms with E-state index in [1.165, 1.54) is 4.31 Å². The summed E-state index contributed by atoms with van der Waals surface area (Å²) < 4.78 is 37.7. The number of nitrogens with zero attached hydrogens (tertiary/aromatic N) is 1. The van der Waals surface area contributed by atoms with E-state index >= 15 is 0 Å². The first-order valence-electron chi connectivity index (χ1n) is 9.60. The molecule has 0 saturated carbocycles. The minimum Gasteiger partial charge on any atom is -0.497 e. The summed E-state index contributed by atoms with van der Waals surface area (Å²) in [6.07, 6.45) is 1.33. The Balaban J connectivity index is 1.48. The Morgan fingerprint density at radius 1 is 1.10 bits per heavy atom. The molecule has 0 spiro atoms. The molecule has 7 nitrogen and oxygen atoms in total. The number of benzene rings is 2. The number of nitrogens with one attached hydrogen (secondary N) is 1. The first kappa shape index (κ1) is 21.1. The van der Waals surface area contributed by atoms with Gasteiger partial charge in [0.1, 0.15) is 18.1 Å². The first-order valence-corrected chi connectivity index (χ1v) is 11.0. The van der Waals surface area contributed by atoms with Crippen molar-refractivity contribution in [3.05, 3.63) is 54.6 Å². The zero-order chi connectivity index (χ0) is 20.7. The fourth-order valence-corrected chi connectivity index (χ4v) is 4.82. The Bertz CT molecular complexity index is 900. The zero-order valence-corrected chi connectivity index (χ0v) is 17.2. The summed E-state index contributed by atoms with van der Waals surface area (Å²) >= 11 is 0. The van der Waals surface area contributed by atoms with Gasteiger partial charge in [-0.05, 0) is 49.2 Å². The smallest absolute Gasteiger partial charge is 0.243 e. The SMILES string of the molecule is COc1ccc(OCCNC(=O)C2CCCN(S(=O)(=O)c3ccccc3)C2)cc1. The molecule has 1 aliphatic rings. The van der Waals surface area contributed by atoms with Gasteiger partial charge < -0.3 is 14.8 Å². The van der Waals surface area contributed by atoms with Crippen molar-refractivity contribution in [1.29, 1.82) is 0 Å². The van der Waals surface area contributed by atoms with Gasteiger partial charge in [-0.3, -0.25) is 4.79 Å². The Morgan fingerprint density at radius 2 is 1.79 bits per heavy atom. The number of hydrogen-bond acceptors (Lipinski definition) is 5. The molecule has 0 radical (unpaired) electrons. The van der Waals surface area contributed by atoms with Gasteiger partial charge in [-0.1, -0.05) is 18.2 Å². The highest BCUT2D eigenvalue weighted by Gasteiger charge is 2.33. The van der Waals surface area contributed by atoms with Crippen molar-refractivity contribution < 1.29 is 22.7 Å². The summed E-state index contributed by atoms with van der Waals surface area (Å²) in [6, 6.07) is 15.5. The van der Waals surface area contributed by atoms with E-state index in [-0.39, 0.29) is 23.3 Å².